The van der Waals surface area contributed by atoms with Gasteiger partial charge in [0, 0.05) is 42.3 Å². The molecule has 4 heterocycles. The second kappa shape index (κ2) is 6.86. The van der Waals surface area contributed by atoms with Crippen molar-refractivity contribution in [2.45, 2.75) is 19.4 Å². The number of pyridine rings is 1. The van der Waals surface area contributed by atoms with Crippen molar-refractivity contribution in [3.63, 3.8) is 0 Å². The number of aliphatic hydroxyl groups excluding tert-OH is 1. The molecule has 0 radical (unpaired) electrons. The van der Waals surface area contributed by atoms with Gasteiger partial charge in [0.15, 0.2) is 5.65 Å². The van der Waals surface area contributed by atoms with Crippen LogP contribution in [0.4, 0.5) is 5.82 Å². The molecule has 3 aromatic heterocycles. The number of β-amino-alcohol motifs (C(OH)–C–C–N with tert-alkyl or cyclic N) is 1. The largest absolute Gasteiger partial charge is 0.391 e. The molecule has 1 aliphatic heterocycles. The molecule has 7 nitrogen and oxygen atoms in total. The van der Waals surface area contributed by atoms with E-state index in [1.807, 2.05) is 54.1 Å². The molecular weight excluding hydrogens is 366 g/mol. The molecule has 0 amide bonds. The Balaban J connectivity index is 1.66. The molecule has 0 spiro atoms. The lowest BCUT2D eigenvalue weighted by Gasteiger charge is -2.19. The molecule has 29 heavy (non-hydrogen) atoms. The standard InChI is InChI=1S/C22H21N5O2/c1-14-9-15(10-23-20(14)26-8-7-17(28)11-26)18-12-27(16-5-3-2-4-6-16)21-19(18)22(29)25-13-24-21/h2-6,9-10,12-13,17,28H,7-8,11H2,1H3,(H,24,25,29)/t17-/m1/s1. The van der Waals surface area contributed by atoms with Crippen molar-refractivity contribution in [2.75, 3.05) is 18.0 Å². The number of hydrogen-bond donors (Lipinski definition) is 2. The van der Waals surface area contributed by atoms with E-state index in [1.54, 1.807) is 6.20 Å². The van der Waals surface area contributed by atoms with Crippen molar-refractivity contribution in [1.82, 2.24) is 19.5 Å². The van der Waals surface area contributed by atoms with E-state index in [9.17, 15) is 9.90 Å². The van der Waals surface area contributed by atoms with E-state index < -0.39 is 0 Å². The fourth-order valence-electron chi connectivity index (χ4n) is 4.05. The van der Waals surface area contributed by atoms with Crippen molar-refractivity contribution >= 4 is 16.9 Å². The smallest absolute Gasteiger partial charge is 0.260 e. The number of hydrogen-bond acceptors (Lipinski definition) is 5. The Labute approximate surface area is 167 Å². The van der Waals surface area contributed by atoms with Gasteiger partial charge in [-0.3, -0.25) is 4.79 Å². The zero-order chi connectivity index (χ0) is 20.0. The van der Waals surface area contributed by atoms with Gasteiger partial charge in [-0.2, -0.15) is 0 Å². The lowest BCUT2D eigenvalue weighted by molar-refractivity contribution is 0.198. The summed E-state index contributed by atoms with van der Waals surface area (Å²) in [4.78, 5) is 26.5. The Morgan fingerprint density at radius 1 is 1.21 bits per heavy atom. The fourth-order valence-corrected chi connectivity index (χ4v) is 4.05. The zero-order valence-corrected chi connectivity index (χ0v) is 16.0. The summed E-state index contributed by atoms with van der Waals surface area (Å²) in [7, 11) is 0. The Kier molecular flexibility index (Phi) is 4.17. The number of aromatic amines is 1. The number of benzene rings is 1. The Morgan fingerprint density at radius 2 is 2.03 bits per heavy atom. The molecule has 1 fully saturated rings. The van der Waals surface area contributed by atoms with Crippen LogP contribution in [0.2, 0.25) is 0 Å². The van der Waals surface area contributed by atoms with E-state index in [2.05, 4.69) is 19.9 Å². The average Bonchev–Trinajstić information content (AvgIpc) is 3.33. The average molecular weight is 387 g/mol. The molecular formula is C22H21N5O2. The minimum Gasteiger partial charge on any atom is -0.391 e. The van der Waals surface area contributed by atoms with Crippen LogP contribution in [-0.2, 0) is 0 Å². The van der Waals surface area contributed by atoms with Crippen LogP contribution in [0.25, 0.3) is 27.8 Å². The summed E-state index contributed by atoms with van der Waals surface area (Å²) in [6.07, 6.45) is 5.62. The normalized spacial score (nSPS) is 16.6. The van der Waals surface area contributed by atoms with Crippen LogP contribution < -0.4 is 10.5 Å². The van der Waals surface area contributed by atoms with Gasteiger partial charge >= 0.3 is 0 Å². The molecule has 146 valence electrons. The molecule has 5 rings (SSSR count). The molecule has 0 bridgehead atoms. The van der Waals surface area contributed by atoms with Crippen LogP contribution in [0.15, 0.2) is 59.9 Å². The predicted octanol–water partition coefficient (Wildman–Crippen LogP) is 2.66. The molecule has 1 saturated heterocycles. The summed E-state index contributed by atoms with van der Waals surface area (Å²) in [5.41, 5.74) is 4.04. The maximum Gasteiger partial charge on any atom is 0.260 e. The molecule has 7 heteroatoms. The monoisotopic (exact) mass is 387 g/mol. The molecule has 0 aliphatic carbocycles. The number of aliphatic hydroxyl groups is 1. The van der Waals surface area contributed by atoms with Gasteiger partial charge in [0.25, 0.3) is 5.56 Å². The van der Waals surface area contributed by atoms with Crippen LogP contribution in [0.1, 0.15) is 12.0 Å². The first-order valence-corrected chi connectivity index (χ1v) is 9.66. The number of nitrogens with one attached hydrogen (secondary N) is 1. The minimum atomic E-state index is -0.302. The first-order valence-electron chi connectivity index (χ1n) is 9.66. The number of anilines is 1. The van der Waals surface area contributed by atoms with Crippen LogP contribution in [0.3, 0.4) is 0 Å². The molecule has 1 aromatic carbocycles. The van der Waals surface area contributed by atoms with Gasteiger partial charge in [-0.05, 0) is 37.1 Å². The fraction of sp³-hybridized carbons (Fsp3) is 0.227. The van der Waals surface area contributed by atoms with E-state index in [-0.39, 0.29) is 11.7 Å². The first kappa shape index (κ1) is 17.6. The van der Waals surface area contributed by atoms with Gasteiger partial charge in [0.2, 0.25) is 0 Å². The number of H-pyrrole nitrogens is 1. The summed E-state index contributed by atoms with van der Waals surface area (Å²) < 4.78 is 1.93. The molecule has 2 N–H and O–H groups in total. The van der Waals surface area contributed by atoms with Gasteiger partial charge in [0.05, 0.1) is 17.8 Å². The second-order valence-electron chi connectivity index (χ2n) is 7.43. The number of rotatable bonds is 3. The summed E-state index contributed by atoms with van der Waals surface area (Å²) in [6.45, 7) is 3.41. The first-order chi connectivity index (χ1) is 14.1. The van der Waals surface area contributed by atoms with E-state index in [0.29, 0.717) is 17.6 Å². The number of fused-ring (bicyclic) bond motifs is 1. The number of aryl methyl sites for hydroxylation is 1. The highest BCUT2D eigenvalue weighted by molar-refractivity contribution is 5.94. The van der Waals surface area contributed by atoms with Crippen molar-refractivity contribution in [3.05, 3.63) is 71.0 Å². The summed E-state index contributed by atoms with van der Waals surface area (Å²) in [6, 6.07) is 11.9. The van der Waals surface area contributed by atoms with Gasteiger partial charge < -0.3 is 19.6 Å². The minimum absolute atomic E-state index is 0.177. The summed E-state index contributed by atoms with van der Waals surface area (Å²) >= 11 is 0. The third kappa shape index (κ3) is 3.00. The van der Waals surface area contributed by atoms with Crippen LogP contribution in [0, 0.1) is 6.92 Å². The van der Waals surface area contributed by atoms with Gasteiger partial charge in [-0.25, -0.2) is 9.97 Å². The molecule has 4 aromatic rings. The lowest BCUT2D eigenvalue weighted by Crippen LogP contribution is -2.23. The highest BCUT2D eigenvalue weighted by atomic mass is 16.3. The van der Waals surface area contributed by atoms with E-state index in [4.69, 9.17) is 0 Å². The molecule has 1 aliphatic rings. The maximum atomic E-state index is 12.6. The van der Waals surface area contributed by atoms with Crippen molar-refractivity contribution < 1.29 is 5.11 Å². The lowest BCUT2D eigenvalue weighted by atomic mass is 10.1. The third-order valence-electron chi connectivity index (χ3n) is 5.45. The Morgan fingerprint density at radius 3 is 2.76 bits per heavy atom. The van der Waals surface area contributed by atoms with Crippen LogP contribution in [-0.4, -0.2) is 43.8 Å². The SMILES string of the molecule is Cc1cc(-c2cn(-c3ccccc3)c3nc[nH]c(=O)c23)cnc1N1CC[C@@H](O)C1. The number of nitrogens with zero attached hydrogens (tertiary/aromatic N) is 4. The predicted molar refractivity (Wildman–Crippen MR) is 112 cm³/mol. The molecule has 0 unspecified atom stereocenters. The Bertz CT molecular complexity index is 1250. The number of para-hydroxylation sites is 1. The third-order valence-corrected chi connectivity index (χ3v) is 5.45. The van der Waals surface area contributed by atoms with Crippen LogP contribution >= 0.6 is 0 Å². The van der Waals surface area contributed by atoms with Gasteiger partial charge in [-0.15, -0.1) is 0 Å². The quantitative estimate of drug-likeness (QED) is 0.564. The van der Waals surface area contributed by atoms with Gasteiger partial charge in [0.1, 0.15) is 5.82 Å². The second-order valence-corrected chi connectivity index (χ2v) is 7.43. The van der Waals surface area contributed by atoms with Crippen LogP contribution in [0.5, 0.6) is 0 Å². The van der Waals surface area contributed by atoms with E-state index in [0.717, 1.165) is 41.2 Å². The molecule has 1 atom stereocenters. The van der Waals surface area contributed by atoms with Crippen molar-refractivity contribution in [1.29, 1.82) is 0 Å². The van der Waals surface area contributed by atoms with E-state index in [1.165, 1.54) is 6.33 Å². The number of aromatic nitrogens is 4. The highest BCUT2D eigenvalue weighted by Gasteiger charge is 2.23. The maximum absolute atomic E-state index is 12.6. The van der Waals surface area contributed by atoms with Gasteiger partial charge in [-0.1, -0.05) is 18.2 Å². The molecule has 0 saturated carbocycles. The van der Waals surface area contributed by atoms with E-state index >= 15 is 0 Å². The highest BCUT2D eigenvalue weighted by Crippen LogP contribution is 2.32. The Hall–Kier alpha value is -3.45. The van der Waals surface area contributed by atoms with Crippen molar-refractivity contribution in [3.8, 4) is 16.8 Å². The van der Waals surface area contributed by atoms with Crippen molar-refractivity contribution in [2.24, 2.45) is 0 Å². The topological polar surface area (TPSA) is 87.0 Å². The zero-order valence-electron chi connectivity index (χ0n) is 16.0. The summed E-state index contributed by atoms with van der Waals surface area (Å²) in [5, 5.41) is 10.4. The summed E-state index contributed by atoms with van der Waals surface area (Å²) in [5.74, 6) is 0.879.